The highest BCUT2D eigenvalue weighted by atomic mass is 16.5. The zero-order valence-corrected chi connectivity index (χ0v) is 15.2. The SMILES string of the molecule is COC(=O)C12CCC(c3cn(CCOCC4CCCC4)nn3)(CC1)C2. The third kappa shape index (κ3) is 3.09. The smallest absolute Gasteiger partial charge is 0.311 e. The quantitative estimate of drug-likeness (QED) is 0.560. The van der Waals surface area contributed by atoms with E-state index in [0.717, 1.165) is 56.9 Å². The van der Waals surface area contributed by atoms with E-state index in [2.05, 4.69) is 16.5 Å². The summed E-state index contributed by atoms with van der Waals surface area (Å²) in [5.41, 5.74) is 0.798. The summed E-state index contributed by atoms with van der Waals surface area (Å²) in [4.78, 5) is 12.2. The normalized spacial score (nSPS) is 31.7. The molecule has 3 aliphatic rings. The van der Waals surface area contributed by atoms with Crippen molar-refractivity contribution in [3.05, 3.63) is 11.9 Å². The molecule has 4 rings (SSSR count). The highest BCUT2D eigenvalue weighted by Gasteiger charge is 2.60. The lowest BCUT2D eigenvalue weighted by atomic mass is 9.80. The van der Waals surface area contributed by atoms with Gasteiger partial charge in [-0.25, -0.2) is 4.68 Å². The fraction of sp³-hybridized carbons (Fsp3) is 0.842. The van der Waals surface area contributed by atoms with Crippen molar-refractivity contribution in [2.75, 3.05) is 20.3 Å². The van der Waals surface area contributed by atoms with E-state index < -0.39 is 0 Å². The van der Waals surface area contributed by atoms with Crippen LogP contribution in [0.2, 0.25) is 0 Å². The standard InChI is InChI=1S/C19H29N3O3/c1-24-17(23)19-8-6-18(14-19,7-9-19)16-12-22(21-20-16)10-11-25-13-15-4-2-3-5-15/h12,15H,2-11,13-14H2,1H3. The fourth-order valence-corrected chi connectivity index (χ4v) is 5.28. The van der Waals surface area contributed by atoms with Crippen molar-refractivity contribution in [3.63, 3.8) is 0 Å². The lowest BCUT2D eigenvalue weighted by molar-refractivity contribution is -0.152. The highest BCUT2D eigenvalue weighted by molar-refractivity contribution is 5.78. The zero-order valence-electron chi connectivity index (χ0n) is 15.2. The van der Waals surface area contributed by atoms with Crippen LogP contribution in [-0.2, 0) is 26.2 Å². The van der Waals surface area contributed by atoms with Gasteiger partial charge in [-0.05, 0) is 50.9 Å². The molecule has 3 aliphatic carbocycles. The number of methoxy groups -OCH3 is 1. The predicted molar refractivity (Wildman–Crippen MR) is 92.0 cm³/mol. The fourth-order valence-electron chi connectivity index (χ4n) is 5.28. The van der Waals surface area contributed by atoms with Crippen molar-refractivity contribution in [3.8, 4) is 0 Å². The van der Waals surface area contributed by atoms with Crippen LogP contribution in [-0.4, -0.2) is 41.3 Å². The molecule has 0 amide bonds. The molecule has 0 unspecified atom stereocenters. The van der Waals surface area contributed by atoms with Gasteiger partial charge in [0, 0.05) is 18.2 Å². The maximum absolute atomic E-state index is 12.2. The number of ether oxygens (including phenoxy) is 2. The van der Waals surface area contributed by atoms with E-state index in [1.165, 1.54) is 32.8 Å². The van der Waals surface area contributed by atoms with Gasteiger partial charge >= 0.3 is 5.97 Å². The molecule has 6 heteroatoms. The first-order valence-electron chi connectivity index (χ1n) is 9.73. The minimum Gasteiger partial charge on any atom is -0.469 e. The Balaban J connectivity index is 1.32. The Morgan fingerprint density at radius 1 is 1.28 bits per heavy atom. The average Bonchev–Trinajstić information content (AvgIpc) is 3.42. The molecule has 0 aliphatic heterocycles. The molecular formula is C19H29N3O3. The summed E-state index contributed by atoms with van der Waals surface area (Å²) >= 11 is 0. The van der Waals surface area contributed by atoms with Gasteiger partial charge in [-0.2, -0.15) is 0 Å². The van der Waals surface area contributed by atoms with Crippen molar-refractivity contribution in [2.45, 2.75) is 69.7 Å². The van der Waals surface area contributed by atoms with Gasteiger partial charge in [0.1, 0.15) is 0 Å². The van der Waals surface area contributed by atoms with Gasteiger partial charge in [-0.15, -0.1) is 5.10 Å². The molecule has 0 spiro atoms. The molecule has 1 aromatic heterocycles. The summed E-state index contributed by atoms with van der Waals surface area (Å²) < 4.78 is 12.8. The topological polar surface area (TPSA) is 66.2 Å². The van der Waals surface area contributed by atoms with E-state index in [0.29, 0.717) is 6.61 Å². The summed E-state index contributed by atoms with van der Waals surface area (Å²) in [6.45, 7) is 2.32. The molecule has 0 radical (unpaired) electrons. The van der Waals surface area contributed by atoms with Crippen molar-refractivity contribution in [2.24, 2.45) is 11.3 Å². The molecule has 3 saturated carbocycles. The number of esters is 1. The molecule has 25 heavy (non-hydrogen) atoms. The van der Waals surface area contributed by atoms with Crippen molar-refractivity contribution in [1.29, 1.82) is 0 Å². The Morgan fingerprint density at radius 3 is 2.76 bits per heavy atom. The van der Waals surface area contributed by atoms with Crippen LogP contribution < -0.4 is 0 Å². The van der Waals surface area contributed by atoms with Crippen LogP contribution in [0.5, 0.6) is 0 Å². The van der Waals surface area contributed by atoms with Gasteiger partial charge in [0.2, 0.25) is 0 Å². The predicted octanol–water partition coefficient (Wildman–Crippen LogP) is 2.86. The Kier molecular flexibility index (Phi) is 4.56. The maximum atomic E-state index is 12.2. The second-order valence-electron chi connectivity index (χ2n) is 8.32. The van der Waals surface area contributed by atoms with Crippen LogP contribution in [0.25, 0.3) is 0 Å². The van der Waals surface area contributed by atoms with Gasteiger partial charge in [0.25, 0.3) is 0 Å². The van der Waals surface area contributed by atoms with Crippen LogP contribution in [0.4, 0.5) is 0 Å². The summed E-state index contributed by atoms with van der Waals surface area (Å²) in [6.07, 6.45) is 12.1. The molecule has 3 fully saturated rings. The lowest BCUT2D eigenvalue weighted by Crippen LogP contribution is -2.27. The molecule has 0 saturated heterocycles. The van der Waals surface area contributed by atoms with Crippen molar-refractivity contribution >= 4 is 5.97 Å². The molecule has 0 aromatic carbocycles. The van der Waals surface area contributed by atoms with Crippen molar-refractivity contribution in [1.82, 2.24) is 15.0 Å². The molecule has 138 valence electrons. The lowest BCUT2D eigenvalue weighted by Gasteiger charge is -2.24. The molecule has 1 aromatic rings. The number of aromatic nitrogens is 3. The van der Waals surface area contributed by atoms with Gasteiger partial charge in [-0.1, -0.05) is 18.1 Å². The molecule has 6 nitrogen and oxygen atoms in total. The van der Waals surface area contributed by atoms with Gasteiger partial charge in [0.05, 0.1) is 31.4 Å². The van der Waals surface area contributed by atoms with Crippen LogP contribution in [0, 0.1) is 11.3 Å². The number of hydrogen-bond donors (Lipinski definition) is 0. The Labute approximate surface area is 149 Å². The summed E-state index contributed by atoms with van der Waals surface area (Å²) in [6, 6.07) is 0. The minimum absolute atomic E-state index is 0.0249. The molecule has 0 atom stereocenters. The van der Waals surface area contributed by atoms with Crippen LogP contribution in [0.15, 0.2) is 6.20 Å². The largest absolute Gasteiger partial charge is 0.469 e. The molecular weight excluding hydrogens is 318 g/mol. The van der Waals surface area contributed by atoms with Crippen molar-refractivity contribution < 1.29 is 14.3 Å². The van der Waals surface area contributed by atoms with E-state index in [1.807, 2.05) is 4.68 Å². The molecule has 0 N–H and O–H groups in total. The number of nitrogens with zero attached hydrogens (tertiary/aromatic N) is 3. The first kappa shape index (κ1) is 17.0. The number of carbonyl (C=O) groups excluding carboxylic acids is 1. The number of rotatable bonds is 7. The summed E-state index contributed by atoms with van der Waals surface area (Å²) in [5, 5.41) is 8.75. The highest BCUT2D eigenvalue weighted by Crippen LogP contribution is 2.62. The Morgan fingerprint density at radius 2 is 2.04 bits per heavy atom. The molecule has 2 bridgehead atoms. The first-order chi connectivity index (χ1) is 12.2. The average molecular weight is 347 g/mol. The van der Waals surface area contributed by atoms with Gasteiger partial charge in [0.15, 0.2) is 0 Å². The van der Waals surface area contributed by atoms with E-state index >= 15 is 0 Å². The van der Waals surface area contributed by atoms with Crippen LogP contribution >= 0.6 is 0 Å². The van der Waals surface area contributed by atoms with Gasteiger partial charge in [-0.3, -0.25) is 4.79 Å². The van der Waals surface area contributed by atoms with E-state index in [9.17, 15) is 4.79 Å². The first-order valence-corrected chi connectivity index (χ1v) is 9.73. The number of fused-ring (bicyclic) bond motifs is 2. The molecule has 1 heterocycles. The zero-order chi connectivity index (χ0) is 17.3. The van der Waals surface area contributed by atoms with Crippen LogP contribution in [0.3, 0.4) is 0 Å². The second kappa shape index (κ2) is 6.71. The maximum Gasteiger partial charge on any atom is 0.311 e. The monoisotopic (exact) mass is 347 g/mol. The Hall–Kier alpha value is -1.43. The van der Waals surface area contributed by atoms with Crippen LogP contribution in [0.1, 0.15) is 63.5 Å². The number of hydrogen-bond acceptors (Lipinski definition) is 5. The van der Waals surface area contributed by atoms with E-state index in [-0.39, 0.29) is 16.8 Å². The second-order valence-corrected chi connectivity index (χ2v) is 8.32. The Bertz CT molecular complexity index is 613. The number of carbonyl (C=O) groups is 1. The third-order valence-corrected chi connectivity index (χ3v) is 6.83. The van der Waals surface area contributed by atoms with E-state index in [1.54, 1.807) is 0 Å². The third-order valence-electron chi connectivity index (χ3n) is 6.83. The van der Waals surface area contributed by atoms with Gasteiger partial charge < -0.3 is 9.47 Å². The summed E-state index contributed by atoms with van der Waals surface area (Å²) in [7, 11) is 1.50. The minimum atomic E-state index is -0.275. The van der Waals surface area contributed by atoms with E-state index in [4.69, 9.17) is 9.47 Å². The summed E-state index contributed by atoms with van der Waals surface area (Å²) in [5.74, 6) is 0.716.